The Morgan fingerprint density at radius 2 is 2.47 bits per heavy atom. The molecule has 2 heterocycles. The molecule has 0 saturated carbocycles. The Hall–Kier alpha value is -1.33. The summed E-state index contributed by atoms with van der Waals surface area (Å²) >= 11 is 7.17. The van der Waals surface area contributed by atoms with Gasteiger partial charge < -0.3 is 9.73 Å². The lowest BCUT2D eigenvalue weighted by molar-refractivity contribution is 0.0924. The molecule has 1 unspecified atom stereocenters. The van der Waals surface area contributed by atoms with Gasteiger partial charge in [0.1, 0.15) is 0 Å². The third-order valence-corrected chi connectivity index (χ3v) is 3.45. The first-order valence-electron chi connectivity index (χ1n) is 5.09. The van der Waals surface area contributed by atoms with Crippen LogP contribution in [0.15, 0.2) is 28.1 Å². The van der Waals surface area contributed by atoms with Crippen molar-refractivity contribution in [2.45, 2.75) is 12.8 Å². The van der Waals surface area contributed by atoms with Crippen LogP contribution in [0.1, 0.15) is 28.4 Å². The third-order valence-electron chi connectivity index (χ3n) is 2.24. The van der Waals surface area contributed by atoms with Gasteiger partial charge in [-0.15, -0.1) is 11.3 Å². The van der Waals surface area contributed by atoms with Crippen LogP contribution < -0.4 is 5.32 Å². The van der Waals surface area contributed by atoms with E-state index in [1.165, 1.54) is 0 Å². The summed E-state index contributed by atoms with van der Waals surface area (Å²) < 4.78 is 5.01. The molecule has 0 aromatic carbocycles. The van der Waals surface area contributed by atoms with Crippen molar-refractivity contribution in [3.05, 3.63) is 39.7 Å². The Kier molecular flexibility index (Phi) is 3.81. The van der Waals surface area contributed by atoms with E-state index in [1.54, 1.807) is 29.7 Å². The van der Waals surface area contributed by atoms with Gasteiger partial charge in [-0.3, -0.25) is 4.79 Å². The molecule has 0 aliphatic carbocycles. The van der Waals surface area contributed by atoms with Gasteiger partial charge in [0.2, 0.25) is 0 Å². The number of halogens is 1. The predicted molar refractivity (Wildman–Crippen MR) is 66.6 cm³/mol. The molecule has 0 bridgehead atoms. The lowest BCUT2D eigenvalue weighted by Gasteiger charge is -2.08. The lowest BCUT2D eigenvalue weighted by Crippen LogP contribution is -2.27. The van der Waals surface area contributed by atoms with Crippen molar-refractivity contribution in [2.24, 2.45) is 0 Å². The van der Waals surface area contributed by atoms with Gasteiger partial charge >= 0.3 is 0 Å². The standard InChI is InChI=1S/C11H11ClN2O2S/c1-7(11-13-4-5-17-11)6-14-10(15)8-2-3-9(12)16-8/h2-5,7H,6H2,1H3,(H,14,15). The van der Waals surface area contributed by atoms with Crippen LogP contribution >= 0.6 is 22.9 Å². The van der Waals surface area contributed by atoms with Crippen LogP contribution in [0.3, 0.4) is 0 Å². The number of hydrogen-bond acceptors (Lipinski definition) is 4. The average Bonchev–Trinajstić information content (AvgIpc) is 2.95. The van der Waals surface area contributed by atoms with E-state index in [0.717, 1.165) is 5.01 Å². The Bertz CT molecular complexity index is 495. The maximum absolute atomic E-state index is 11.7. The number of rotatable bonds is 4. The molecule has 1 atom stereocenters. The molecule has 90 valence electrons. The number of furan rings is 1. The zero-order valence-corrected chi connectivity index (χ0v) is 10.7. The van der Waals surface area contributed by atoms with E-state index < -0.39 is 0 Å². The minimum atomic E-state index is -0.264. The summed E-state index contributed by atoms with van der Waals surface area (Å²) in [5.74, 6) is 0.144. The van der Waals surface area contributed by atoms with Crippen LogP contribution in [0.4, 0.5) is 0 Å². The quantitative estimate of drug-likeness (QED) is 0.929. The van der Waals surface area contributed by atoms with Crippen LogP contribution in [0, 0.1) is 0 Å². The van der Waals surface area contributed by atoms with Crippen LogP contribution in [-0.4, -0.2) is 17.4 Å². The molecule has 0 fully saturated rings. The summed E-state index contributed by atoms with van der Waals surface area (Å²) in [4.78, 5) is 15.8. The van der Waals surface area contributed by atoms with Gasteiger partial charge in [-0.25, -0.2) is 4.98 Å². The highest BCUT2D eigenvalue weighted by Crippen LogP contribution is 2.17. The van der Waals surface area contributed by atoms with Crippen molar-refractivity contribution in [3.63, 3.8) is 0 Å². The second kappa shape index (κ2) is 5.33. The van der Waals surface area contributed by atoms with Gasteiger partial charge in [-0.1, -0.05) is 6.92 Å². The van der Waals surface area contributed by atoms with Crippen molar-refractivity contribution in [1.29, 1.82) is 0 Å². The Morgan fingerprint density at radius 1 is 1.65 bits per heavy atom. The van der Waals surface area contributed by atoms with Crippen LogP contribution in [-0.2, 0) is 0 Å². The molecule has 2 aromatic rings. The summed E-state index contributed by atoms with van der Waals surface area (Å²) in [6, 6.07) is 3.09. The summed E-state index contributed by atoms with van der Waals surface area (Å²) in [7, 11) is 0. The Labute approximate surface area is 108 Å². The normalized spacial score (nSPS) is 12.4. The molecular weight excluding hydrogens is 260 g/mol. The number of nitrogens with one attached hydrogen (secondary N) is 1. The number of hydrogen-bond donors (Lipinski definition) is 1. The Morgan fingerprint density at radius 3 is 3.06 bits per heavy atom. The monoisotopic (exact) mass is 270 g/mol. The van der Waals surface area contributed by atoms with E-state index in [9.17, 15) is 4.79 Å². The van der Waals surface area contributed by atoms with E-state index in [-0.39, 0.29) is 22.8 Å². The largest absolute Gasteiger partial charge is 0.440 e. The number of carbonyl (C=O) groups is 1. The van der Waals surface area contributed by atoms with Gasteiger partial charge in [0.05, 0.1) is 5.01 Å². The fraction of sp³-hybridized carbons (Fsp3) is 0.273. The molecule has 1 N–H and O–H groups in total. The SMILES string of the molecule is CC(CNC(=O)c1ccc(Cl)o1)c1nccs1. The summed E-state index contributed by atoms with van der Waals surface area (Å²) in [5, 5.41) is 5.91. The van der Waals surface area contributed by atoms with Gasteiger partial charge in [-0.05, 0) is 23.7 Å². The van der Waals surface area contributed by atoms with Crippen LogP contribution in [0.25, 0.3) is 0 Å². The molecule has 2 aromatic heterocycles. The topological polar surface area (TPSA) is 55.1 Å². The van der Waals surface area contributed by atoms with E-state index >= 15 is 0 Å². The molecule has 4 nitrogen and oxygen atoms in total. The van der Waals surface area contributed by atoms with Crippen molar-refractivity contribution in [2.75, 3.05) is 6.54 Å². The maximum atomic E-state index is 11.7. The summed E-state index contributed by atoms with van der Waals surface area (Å²) in [6.07, 6.45) is 1.75. The summed E-state index contributed by atoms with van der Waals surface area (Å²) in [5.41, 5.74) is 0. The zero-order chi connectivity index (χ0) is 12.3. The zero-order valence-electron chi connectivity index (χ0n) is 9.14. The molecule has 0 aliphatic rings. The molecule has 17 heavy (non-hydrogen) atoms. The maximum Gasteiger partial charge on any atom is 0.287 e. The first kappa shape index (κ1) is 12.1. The first-order valence-corrected chi connectivity index (χ1v) is 6.35. The lowest BCUT2D eigenvalue weighted by atomic mass is 10.2. The summed E-state index contributed by atoms with van der Waals surface area (Å²) in [6.45, 7) is 2.53. The van der Waals surface area contributed by atoms with Crippen molar-refractivity contribution in [3.8, 4) is 0 Å². The number of nitrogens with zero attached hydrogens (tertiary/aromatic N) is 1. The fourth-order valence-corrected chi connectivity index (χ4v) is 2.18. The number of carbonyl (C=O) groups excluding carboxylic acids is 1. The minimum Gasteiger partial charge on any atom is -0.440 e. The molecule has 2 rings (SSSR count). The highest BCUT2D eigenvalue weighted by molar-refractivity contribution is 7.09. The van der Waals surface area contributed by atoms with Gasteiger partial charge in [0, 0.05) is 24.0 Å². The molecule has 1 amide bonds. The Balaban J connectivity index is 1.88. The molecule has 0 radical (unpaired) electrons. The van der Waals surface area contributed by atoms with Crippen LogP contribution in [0.2, 0.25) is 5.22 Å². The third kappa shape index (κ3) is 3.08. The highest BCUT2D eigenvalue weighted by atomic mass is 35.5. The second-order valence-corrected chi connectivity index (χ2v) is 4.88. The minimum absolute atomic E-state index is 0.185. The molecule has 6 heteroatoms. The fourth-order valence-electron chi connectivity index (χ4n) is 1.33. The number of aromatic nitrogens is 1. The highest BCUT2D eigenvalue weighted by Gasteiger charge is 2.13. The molecule has 0 saturated heterocycles. The molecule has 0 aliphatic heterocycles. The number of amides is 1. The smallest absolute Gasteiger partial charge is 0.287 e. The van der Waals surface area contributed by atoms with Crippen molar-refractivity contribution < 1.29 is 9.21 Å². The van der Waals surface area contributed by atoms with Gasteiger partial charge in [0.15, 0.2) is 11.0 Å². The molecule has 0 spiro atoms. The van der Waals surface area contributed by atoms with Crippen LogP contribution in [0.5, 0.6) is 0 Å². The van der Waals surface area contributed by atoms with Crippen molar-refractivity contribution in [1.82, 2.24) is 10.3 Å². The van der Waals surface area contributed by atoms with Gasteiger partial charge in [-0.2, -0.15) is 0 Å². The predicted octanol–water partition coefficient (Wildman–Crippen LogP) is 2.92. The van der Waals surface area contributed by atoms with Crippen molar-refractivity contribution >= 4 is 28.8 Å². The van der Waals surface area contributed by atoms with E-state index in [1.807, 2.05) is 12.3 Å². The second-order valence-electron chi connectivity index (χ2n) is 3.59. The number of thiazole rings is 1. The molecular formula is C11H11ClN2O2S. The van der Waals surface area contributed by atoms with Gasteiger partial charge in [0.25, 0.3) is 5.91 Å². The first-order chi connectivity index (χ1) is 8.16. The average molecular weight is 271 g/mol. The van der Waals surface area contributed by atoms with E-state index in [2.05, 4.69) is 10.3 Å². The van der Waals surface area contributed by atoms with E-state index in [0.29, 0.717) is 6.54 Å². The van der Waals surface area contributed by atoms with E-state index in [4.69, 9.17) is 16.0 Å².